The summed E-state index contributed by atoms with van der Waals surface area (Å²) in [4.78, 5) is 11.2. The molecule has 7 heteroatoms. The van der Waals surface area contributed by atoms with Crippen LogP contribution in [0.4, 0.5) is 0 Å². The molecule has 0 atom stereocenters. The number of rotatable bonds is 7. The van der Waals surface area contributed by atoms with Crippen LogP contribution < -0.4 is 28.4 Å². The van der Waals surface area contributed by atoms with E-state index >= 15 is 0 Å². The van der Waals surface area contributed by atoms with Gasteiger partial charge >= 0.3 is 5.97 Å². The quantitative estimate of drug-likeness (QED) is 0.560. The highest BCUT2D eigenvalue weighted by molar-refractivity contribution is 5.70. The lowest BCUT2D eigenvalue weighted by atomic mass is 10.2. The first-order valence-electron chi connectivity index (χ1n) is 7.36. The van der Waals surface area contributed by atoms with Crippen molar-refractivity contribution in [3.63, 3.8) is 0 Å². The summed E-state index contributed by atoms with van der Waals surface area (Å²) in [5, 5.41) is 0. The van der Waals surface area contributed by atoms with Gasteiger partial charge in [0.2, 0.25) is 5.75 Å². The van der Waals surface area contributed by atoms with Crippen molar-refractivity contribution in [2.75, 3.05) is 28.4 Å². The number of hydrogen-bond donors (Lipinski definition) is 0. The minimum absolute atomic E-state index is 0.289. The highest BCUT2D eigenvalue weighted by Crippen LogP contribution is 2.44. The molecule has 0 radical (unpaired) electrons. The first-order chi connectivity index (χ1) is 12.0. The van der Waals surface area contributed by atoms with Crippen molar-refractivity contribution in [1.29, 1.82) is 0 Å². The van der Waals surface area contributed by atoms with Crippen LogP contribution in [-0.4, -0.2) is 34.4 Å². The fraction of sp³-hybridized carbons (Fsp3) is 0.278. The Balaban J connectivity index is 2.46. The number of benzene rings is 2. The maximum absolute atomic E-state index is 11.2. The highest BCUT2D eigenvalue weighted by atomic mass is 16.6. The fourth-order valence-corrected chi connectivity index (χ4v) is 2.14. The summed E-state index contributed by atoms with van der Waals surface area (Å²) in [5.41, 5.74) is 0. The molecule has 0 aliphatic rings. The lowest BCUT2D eigenvalue weighted by Crippen LogP contribution is -2.03. The van der Waals surface area contributed by atoms with Crippen LogP contribution in [-0.2, 0) is 4.79 Å². The topological polar surface area (TPSA) is 72.5 Å². The van der Waals surface area contributed by atoms with Crippen LogP contribution in [0.5, 0.6) is 40.2 Å². The van der Waals surface area contributed by atoms with Gasteiger partial charge in [-0.25, -0.2) is 0 Å². The number of hydrogen-bond acceptors (Lipinski definition) is 7. The molecule has 0 aromatic heterocycles. The molecule has 7 nitrogen and oxygen atoms in total. The first kappa shape index (κ1) is 18.3. The third kappa shape index (κ3) is 4.47. The van der Waals surface area contributed by atoms with Gasteiger partial charge in [0, 0.05) is 37.3 Å². The van der Waals surface area contributed by atoms with E-state index < -0.39 is 5.97 Å². The molecule has 0 fully saturated rings. The van der Waals surface area contributed by atoms with Gasteiger partial charge in [-0.2, -0.15) is 0 Å². The van der Waals surface area contributed by atoms with Gasteiger partial charge in [0.05, 0.1) is 28.4 Å². The molecule has 0 N–H and O–H groups in total. The molecule has 0 aliphatic carbocycles. The zero-order chi connectivity index (χ0) is 18.4. The fourth-order valence-electron chi connectivity index (χ4n) is 2.14. The Bertz CT molecular complexity index is 708. The Hall–Kier alpha value is -3.09. The molecule has 0 amide bonds. The standard InChI is InChI=1S/C18H20O7/c1-11(19)24-15-9-16(22-4)18(17(10-15)23-5)25-14-7-12(20-2)6-13(8-14)21-3/h6-10H,1-5H3. The number of esters is 1. The Morgan fingerprint density at radius 2 is 1.16 bits per heavy atom. The second-order valence-corrected chi connectivity index (χ2v) is 4.90. The van der Waals surface area contributed by atoms with E-state index in [0.717, 1.165) is 0 Å². The molecule has 0 heterocycles. The van der Waals surface area contributed by atoms with Crippen molar-refractivity contribution >= 4 is 5.97 Å². The van der Waals surface area contributed by atoms with Crippen LogP contribution in [0.2, 0.25) is 0 Å². The average molecular weight is 348 g/mol. The maximum Gasteiger partial charge on any atom is 0.308 e. The summed E-state index contributed by atoms with van der Waals surface area (Å²) in [5.74, 6) is 2.47. The van der Waals surface area contributed by atoms with Crippen molar-refractivity contribution in [3.05, 3.63) is 30.3 Å². The largest absolute Gasteiger partial charge is 0.496 e. The highest BCUT2D eigenvalue weighted by Gasteiger charge is 2.17. The maximum atomic E-state index is 11.2. The zero-order valence-corrected chi connectivity index (χ0v) is 14.7. The van der Waals surface area contributed by atoms with E-state index in [9.17, 15) is 4.79 Å². The monoisotopic (exact) mass is 348 g/mol. The van der Waals surface area contributed by atoms with Gasteiger partial charge in [-0.05, 0) is 0 Å². The number of carbonyl (C=O) groups is 1. The van der Waals surface area contributed by atoms with E-state index in [0.29, 0.717) is 34.5 Å². The van der Waals surface area contributed by atoms with E-state index in [1.165, 1.54) is 33.3 Å². The van der Waals surface area contributed by atoms with Crippen LogP contribution in [0.1, 0.15) is 6.92 Å². The molecule has 134 valence electrons. The molecule has 0 aliphatic heterocycles. The first-order valence-corrected chi connectivity index (χ1v) is 7.36. The summed E-state index contributed by atoms with van der Waals surface area (Å²) < 4.78 is 32.1. The van der Waals surface area contributed by atoms with Crippen LogP contribution in [0.15, 0.2) is 30.3 Å². The van der Waals surface area contributed by atoms with E-state index in [2.05, 4.69) is 0 Å². The number of carbonyl (C=O) groups excluding carboxylic acids is 1. The predicted octanol–water partition coefficient (Wildman–Crippen LogP) is 3.44. The molecule has 0 bridgehead atoms. The number of ether oxygens (including phenoxy) is 6. The van der Waals surface area contributed by atoms with Crippen LogP contribution in [0, 0.1) is 0 Å². The van der Waals surface area contributed by atoms with Gasteiger partial charge in [-0.15, -0.1) is 0 Å². The summed E-state index contributed by atoms with van der Waals surface area (Å²) in [6, 6.07) is 8.20. The van der Waals surface area contributed by atoms with Gasteiger partial charge in [0.25, 0.3) is 0 Å². The second kappa shape index (κ2) is 8.14. The number of methoxy groups -OCH3 is 4. The summed E-state index contributed by atoms with van der Waals surface area (Å²) in [6.45, 7) is 1.31. The van der Waals surface area contributed by atoms with Crippen molar-refractivity contribution in [1.82, 2.24) is 0 Å². The van der Waals surface area contributed by atoms with Crippen molar-refractivity contribution in [2.24, 2.45) is 0 Å². The molecule has 2 aromatic carbocycles. The van der Waals surface area contributed by atoms with E-state index in [1.807, 2.05) is 0 Å². The minimum Gasteiger partial charge on any atom is -0.496 e. The van der Waals surface area contributed by atoms with E-state index in [1.54, 1.807) is 32.4 Å². The van der Waals surface area contributed by atoms with E-state index in [-0.39, 0.29) is 5.75 Å². The van der Waals surface area contributed by atoms with Crippen LogP contribution in [0.3, 0.4) is 0 Å². The Labute approximate surface area is 146 Å². The normalized spacial score (nSPS) is 9.96. The van der Waals surface area contributed by atoms with Gasteiger partial charge in [0.1, 0.15) is 23.0 Å². The predicted molar refractivity (Wildman–Crippen MR) is 90.5 cm³/mol. The smallest absolute Gasteiger partial charge is 0.308 e. The zero-order valence-electron chi connectivity index (χ0n) is 14.7. The Kier molecular flexibility index (Phi) is 5.94. The molecule has 0 spiro atoms. The van der Waals surface area contributed by atoms with Crippen molar-refractivity contribution in [2.45, 2.75) is 6.92 Å². The van der Waals surface area contributed by atoms with E-state index in [4.69, 9.17) is 28.4 Å². The van der Waals surface area contributed by atoms with Crippen LogP contribution >= 0.6 is 0 Å². The lowest BCUT2D eigenvalue weighted by molar-refractivity contribution is -0.131. The summed E-state index contributed by atoms with van der Waals surface area (Å²) in [7, 11) is 6.05. The molecule has 2 aromatic rings. The molecule has 0 unspecified atom stereocenters. The van der Waals surface area contributed by atoms with Crippen molar-refractivity contribution < 1.29 is 33.2 Å². The SMILES string of the molecule is COc1cc(OC)cc(Oc2c(OC)cc(OC(C)=O)cc2OC)c1. The third-order valence-corrected chi connectivity index (χ3v) is 3.24. The van der Waals surface area contributed by atoms with Gasteiger partial charge in [-0.1, -0.05) is 0 Å². The molecule has 0 saturated heterocycles. The van der Waals surface area contributed by atoms with Gasteiger partial charge < -0.3 is 28.4 Å². The molecule has 25 heavy (non-hydrogen) atoms. The minimum atomic E-state index is -0.449. The van der Waals surface area contributed by atoms with Crippen molar-refractivity contribution in [3.8, 4) is 40.2 Å². The average Bonchev–Trinajstić information content (AvgIpc) is 2.61. The molecule has 2 rings (SSSR count). The van der Waals surface area contributed by atoms with Gasteiger partial charge in [-0.3, -0.25) is 4.79 Å². The molecular formula is C18H20O7. The molecule has 0 saturated carbocycles. The summed E-state index contributed by atoms with van der Waals surface area (Å²) in [6.07, 6.45) is 0. The second-order valence-electron chi connectivity index (χ2n) is 4.90. The van der Waals surface area contributed by atoms with Gasteiger partial charge in [0.15, 0.2) is 11.5 Å². The molecular weight excluding hydrogens is 328 g/mol. The van der Waals surface area contributed by atoms with Crippen LogP contribution in [0.25, 0.3) is 0 Å². The third-order valence-electron chi connectivity index (χ3n) is 3.24. The Morgan fingerprint density at radius 1 is 0.680 bits per heavy atom. The Morgan fingerprint density at radius 3 is 1.56 bits per heavy atom. The lowest BCUT2D eigenvalue weighted by Gasteiger charge is -2.16. The summed E-state index contributed by atoms with van der Waals surface area (Å²) >= 11 is 0.